The van der Waals surface area contributed by atoms with Crippen LogP contribution in [-0.4, -0.2) is 94.0 Å². The average Bonchev–Trinajstić information content (AvgIpc) is 3.00. The second kappa shape index (κ2) is 8.95. The molecule has 0 aliphatic carbocycles. The van der Waals surface area contributed by atoms with Gasteiger partial charge in [-0.25, -0.2) is 21.8 Å². The zero-order valence-electron chi connectivity index (χ0n) is 18.0. The van der Waals surface area contributed by atoms with Gasteiger partial charge in [0.1, 0.15) is 4.90 Å². The molecule has 2 heterocycles. The van der Waals surface area contributed by atoms with Crippen molar-refractivity contribution >= 4 is 37.4 Å². The van der Waals surface area contributed by atoms with Crippen molar-refractivity contribution in [3.05, 3.63) is 28.8 Å². The predicted octanol–water partition coefficient (Wildman–Crippen LogP) is 1.24. The van der Waals surface area contributed by atoms with Crippen molar-refractivity contribution in [3.8, 4) is 0 Å². The molecule has 0 N–H and O–H groups in total. The molecule has 2 aliphatic rings. The largest absolute Gasteiger partial charge is 0.373 e. The Hall–Kier alpha value is -1.24. The van der Waals surface area contributed by atoms with Crippen molar-refractivity contribution in [1.29, 1.82) is 0 Å². The lowest BCUT2D eigenvalue weighted by molar-refractivity contribution is -0.0440. The molecule has 9 nitrogen and oxygen atoms in total. The van der Waals surface area contributed by atoms with Crippen LogP contribution in [0.3, 0.4) is 0 Å². The van der Waals surface area contributed by atoms with Crippen LogP contribution in [0.5, 0.6) is 0 Å². The molecule has 174 valence electrons. The number of amides is 1. The molecule has 1 aromatic rings. The minimum Gasteiger partial charge on any atom is -0.373 e. The first-order valence-corrected chi connectivity index (χ1v) is 13.6. The Kier molecular flexibility index (Phi) is 7.05. The third-order valence-electron chi connectivity index (χ3n) is 5.38. The van der Waals surface area contributed by atoms with Crippen LogP contribution in [-0.2, 0) is 24.6 Å². The Morgan fingerprint density at radius 2 is 1.81 bits per heavy atom. The molecule has 0 aromatic heterocycles. The van der Waals surface area contributed by atoms with E-state index in [-0.39, 0.29) is 52.3 Å². The molecular weight excluding hydrogens is 466 g/mol. The topological polar surface area (TPSA) is 104 Å². The fourth-order valence-electron chi connectivity index (χ4n) is 4.07. The van der Waals surface area contributed by atoms with Crippen LogP contribution >= 0.6 is 11.6 Å². The van der Waals surface area contributed by atoms with Crippen LogP contribution in [0.2, 0.25) is 5.02 Å². The molecule has 2 aliphatic heterocycles. The van der Waals surface area contributed by atoms with Crippen molar-refractivity contribution in [1.82, 2.24) is 14.3 Å². The van der Waals surface area contributed by atoms with E-state index in [1.807, 2.05) is 0 Å². The Bertz CT molecular complexity index is 1050. The smallest absolute Gasteiger partial charge is 0.268 e. The zero-order chi connectivity index (χ0) is 23.1. The number of carbonyl (C=O) groups is 1. The fourth-order valence-corrected chi connectivity index (χ4v) is 7.86. The standard InChI is InChI=1S/C19H28ClN3O6S2/c1-13-10-22(11-14(2)29-13)31(27,28)18-9-15(5-6-17(18)20)19(24)23(21(3)4)16-7-8-30(25,26)12-16/h5-6,9,13-14,16H,7-8,10-12H2,1-4H3/t13-,14-,16+/m1/s1. The number of nitrogens with zero attached hydrogens (tertiary/aromatic N) is 3. The highest BCUT2D eigenvalue weighted by Crippen LogP contribution is 2.29. The maximum atomic E-state index is 13.3. The van der Waals surface area contributed by atoms with Gasteiger partial charge in [-0.15, -0.1) is 0 Å². The van der Waals surface area contributed by atoms with Gasteiger partial charge < -0.3 is 4.74 Å². The molecule has 0 radical (unpaired) electrons. The van der Waals surface area contributed by atoms with Crippen LogP contribution in [0.4, 0.5) is 0 Å². The molecule has 3 rings (SSSR count). The minimum atomic E-state index is -3.96. The number of ether oxygens (including phenoxy) is 1. The zero-order valence-corrected chi connectivity index (χ0v) is 20.4. The number of carbonyl (C=O) groups excluding carboxylic acids is 1. The first kappa shape index (κ1) is 24.4. The van der Waals surface area contributed by atoms with Crippen LogP contribution in [0.25, 0.3) is 0 Å². The predicted molar refractivity (Wildman–Crippen MR) is 117 cm³/mol. The molecule has 1 amide bonds. The lowest BCUT2D eigenvalue weighted by Gasteiger charge is -2.35. The van der Waals surface area contributed by atoms with Crippen molar-refractivity contribution in [2.24, 2.45) is 0 Å². The molecule has 0 bridgehead atoms. The SMILES string of the molecule is C[C@@H]1CN(S(=O)(=O)c2cc(C(=O)N([C@H]3CCS(=O)(=O)C3)N(C)C)ccc2Cl)C[C@@H](C)O1. The molecular formula is C19H28ClN3O6S2. The van der Waals surface area contributed by atoms with Crippen LogP contribution in [0.1, 0.15) is 30.6 Å². The number of rotatable bonds is 5. The van der Waals surface area contributed by atoms with Gasteiger partial charge in [-0.1, -0.05) is 11.6 Å². The molecule has 3 atom stereocenters. The van der Waals surface area contributed by atoms with Crippen molar-refractivity contribution in [2.45, 2.75) is 43.4 Å². The van der Waals surface area contributed by atoms with E-state index >= 15 is 0 Å². The van der Waals surface area contributed by atoms with Crippen LogP contribution in [0.15, 0.2) is 23.1 Å². The van der Waals surface area contributed by atoms with Gasteiger partial charge in [0.2, 0.25) is 10.0 Å². The van der Waals surface area contributed by atoms with E-state index in [0.29, 0.717) is 6.42 Å². The summed E-state index contributed by atoms with van der Waals surface area (Å²) in [5.74, 6) is -0.591. The van der Waals surface area contributed by atoms with E-state index in [2.05, 4.69) is 0 Å². The number of halogens is 1. The van der Waals surface area contributed by atoms with Crippen molar-refractivity contribution in [2.75, 3.05) is 38.7 Å². The number of hydrazine groups is 1. The summed E-state index contributed by atoms with van der Waals surface area (Å²) in [5, 5.41) is 2.91. The lowest BCUT2D eigenvalue weighted by Crippen LogP contribution is -2.49. The summed E-state index contributed by atoms with van der Waals surface area (Å²) in [7, 11) is -3.87. The number of sulfonamides is 1. The summed E-state index contributed by atoms with van der Waals surface area (Å²) in [6, 6.07) is 3.59. The van der Waals surface area contributed by atoms with Gasteiger partial charge in [-0.05, 0) is 38.5 Å². The van der Waals surface area contributed by atoms with Gasteiger partial charge in [0, 0.05) is 32.7 Å². The Balaban J connectivity index is 1.95. The highest BCUT2D eigenvalue weighted by molar-refractivity contribution is 7.91. The number of morpholine rings is 1. The normalized spacial score (nSPS) is 26.8. The number of hydrogen-bond donors (Lipinski definition) is 0. The maximum absolute atomic E-state index is 13.3. The van der Waals surface area contributed by atoms with Crippen molar-refractivity contribution < 1.29 is 26.4 Å². The van der Waals surface area contributed by atoms with Gasteiger partial charge in [0.25, 0.3) is 5.91 Å². The number of hydrogen-bond acceptors (Lipinski definition) is 7. The molecule has 0 saturated carbocycles. The number of sulfone groups is 1. The van der Waals surface area contributed by atoms with Gasteiger partial charge in [0.05, 0.1) is 34.8 Å². The summed E-state index contributed by atoms with van der Waals surface area (Å²) >= 11 is 6.23. The van der Waals surface area contributed by atoms with E-state index in [9.17, 15) is 21.6 Å². The molecule has 0 unspecified atom stereocenters. The van der Waals surface area contributed by atoms with E-state index < -0.39 is 31.8 Å². The summed E-state index contributed by atoms with van der Waals surface area (Å²) in [6.45, 7) is 3.96. The Labute approximate surface area is 188 Å². The summed E-state index contributed by atoms with van der Waals surface area (Å²) in [6.07, 6.45) is -0.208. The van der Waals surface area contributed by atoms with Gasteiger partial charge in [-0.2, -0.15) is 4.31 Å². The minimum absolute atomic E-state index is 0.0168. The summed E-state index contributed by atoms with van der Waals surface area (Å²) < 4.78 is 57.3. The lowest BCUT2D eigenvalue weighted by atomic mass is 10.1. The van der Waals surface area contributed by atoms with E-state index in [1.165, 1.54) is 32.5 Å². The molecule has 2 fully saturated rings. The highest BCUT2D eigenvalue weighted by Gasteiger charge is 2.38. The van der Waals surface area contributed by atoms with Gasteiger partial charge in [-0.3, -0.25) is 9.80 Å². The third-order valence-corrected chi connectivity index (χ3v) is 9.44. The van der Waals surface area contributed by atoms with Crippen LogP contribution < -0.4 is 0 Å². The highest BCUT2D eigenvalue weighted by atomic mass is 35.5. The van der Waals surface area contributed by atoms with E-state index in [4.69, 9.17) is 16.3 Å². The average molecular weight is 494 g/mol. The molecule has 0 spiro atoms. The summed E-state index contributed by atoms with van der Waals surface area (Å²) in [4.78, 5) is 13.1. The van der Waals surface area contributed by atoms with Crippen molar-refractivity contribution in [3.63, 3.8) is 0 Å². The first-order chi connectivity index (χ1) is 14.3. The van der Waals surface area contributed by atoms with Crippen LogP contribution in [0, 0.1) is 0 Å². The van der Waals surface area contributed by atoms with Gasteiger partial charge in [0.15, 0.2) is 9.84 Å². The second-order valence-electron chi connectivity index (χ2n) is 8.28. The maximum Gasteiger partial charge on any atom is 0.268 e. The first-order valence-electron chi connectivity index (χ1n) is 9.98. The Morgan fingerprint density at radius 1 is 1.19 bits per heavy atom. The third kappa shape index (κ3) is 5.23. The van der Waals surface area contributed by atoms with E-state index in [0.717, 1.165) is 0 Å². The molecule has 2 saturated heterocycles. The Morgan fingerprint density at radius 3 is 2.32 bits per heavy atom. The summed E-state index contributed by atoms with van der Waals surface area (Å²) in [5.41, 5.74) is 0.121. The molecule has 12 heteroatoms. The van der Waals surface area contributed by atoms with Gasteiger partial charge >= 0.3 is 0 Å². The fraction of sp³-hybridized carbons (Fsp3) is 0.632. The monoisotopic (exact) mass is 493 g/mol. The van der Waals surface area contributed by atoms with E-state index in [1.54, 1.807) is 27.9 Å². The molecule has 1 aromatic carbocycles. The quantitative estimate of drug-likeness (QED) is 0.568. The molecule has 31 heavy (non-hydrogen) atoms. The number of benzene rings is 1. The second-order valence-corrected chi connectivity index (χ2v) is 12.8.